The molecule has 2 heterocycles. The van der Waals surface area contributed by atoms with E-state index in [0.29, 0.717) is 11.0 Å². The first-order chi connectivity index (χ1) is 9.13. The normalized spacial score (nSPS) is 14.4. The fourth-order valence-corrected chi connectivity index (χ4v) is 2.94. The minimum atomic E-state index is -0.318. The molecule has 6 heteroatoms. The van der Waals surface area contributed by atoms with Crippen molar-refractivity contribution < 1.29 is 4.39 Å². The van der Waals surface area contributed by atoms with Gasteiger partial charge in [0, 0.05) is 17.4 Å². The zero-order chi connectivity index (χ0) is 13.4. The van der Waals surface area contributed by atoms with Gasteiger partial charge in [-0.3, -0.25) is 4.57 Å². The number of rotatable bonds is 2. The zero-order valence-electron chi connectivity index (χ0n) is 10.3. The highest BCUT2D eigenvalue weighted by atomic mass is 79.9. The maximum atomic E-state index is 13.3. The van der Waals surface area contributed by atoms with E-state index in [-0.39, 0.29) is 11.5 Å². The maximum absolute atomic E-state index is 13.3. The van der Waals surface area contributed by atoms with Gasteiger partial charge in [-0.1, -0.05) is 15.9 Å². The summed E-state index contributed by atoms with van der Waals surface area (Å²) in [6.45, 7) is 1.04. The van der Waals surface area contributed by atoms with Gasteiger partial charge in [0.2, 0.25) is 0 Å². The average molecular weight is 326 g/mol. The number of aryl methyl sites for hydroxylation is 1. The number of fused-ring (bicyclic) bond motifs is 1. The quantitative estimate of drug-likeness (QED) is 0.850. The second-order valence-electron chi connectivity index (χ2n) is 4.74. The summed E-state index contributed by atoms with van der Waals surface area (Å²) in [5.74, 6) is 0.521. The molecule has 0 radical (unpaired) electrons. The lowest BCUT2D eigenvalue weighted by Gasteiger charge is -2.09. The van der Waals surface area contributed by atoms with Crippen molar-refractivity contribution in [1.82, 2.24) is 14.3 Å². The molecule has 100 valence electrons. The van der Waals surface area contributed by atoms with Crippen LogP contribution in [0.25, 0.3) is 0 Å². The fraction of sp³-hybridized carbons (Fsp3) is 0.385. The van der Waals surface area contributed by atoms with Crippen LogP contribution in [0, 0.1) is 5.82 Å². The van der Waals surface area contributed by atoms with Crippen molar-refractivity contribution in [3.8, 4) is 0 Å². The molecule has 3 rings (SSSR count). The molecule has 2 aromatic rings. The van der Waals surface area contributed by atoms with E-state index < -0.39 is 0 Å². The lowest BCUT2D eigenvalue weighted by molar-refractivity contribution is 0.511. The van der Waals surface area contributed by atoms with Crippen LogP contribution in [0.5, 0.6) is 0 Å². The monoisotopic (exact) mass is 325 g/mol. The molecule has 0 fully saturated rings. The highest BCUT2D eigenvalue weighted by Crippen LogP contribution is 2.16. The summed E-state index contributed by atoms with van der Waals surface area (Å²) < 4.78 is 17.1. The van der Waals surface area contributed by atoms with E-state index >= 15 is 0 Å². The number of hydrogen-bond acceptors (Lipinski definition) is 2. The summed E-state index contributed by atoms with van der Waals surface area (Å²) in [7, 11) is 0. The molecule has 0 amide bonds. The van der Waals surface area contributed by atoms with Gasteiger partial charge in [-0.25, -0.2) is 13.9 Å². The molecule has 0 saturated carbocycles. The van der Waals surface area contributed by atoms with Gasteiger partial charge in [0.1, 0.15) is 11.6 Å². The number of halogens is 2. The van der Waals surface area contributed by atoms with E-state index in [9.17, 15) is 9.18 Å². The van der Waals surface area contributed by atoms with Crippen molar-refractivity contribution in [1.29, 1.82) is 0 Å². The van der Waals surface area contributed by atoms with Crippen LogP contribution in [0.15, 0.2) is 27.5 Å². The maximum Gasteiger partial charge on any atom is 0.346 e. The minimum Gasteiger partial charge on any atom is -0.279 e. The van der Waals surface area contributed by atoms with E-state index in [1.54, 1.807) is 10.6 Å². The Bertz CT molecular complexity index is 657. The van der Waals surface area contributed by atoms with Gasteiger partial charge in [0.25, 0.3) is 0 Å². The summed E-state index contributed by atoms with van der Waals surface area (Å²) in [5, 5.41) is 4.33. The van der Waals surface area contributed by atoms with Gasteiger partial charge in [0.05, 0.1) is 6.54 Å². The van der Waals surface area contributed by atoms with Crippen LogP contribution in [0.4, 0.5) is 4.39 Å². The van der Waals surface area contributed by atoms with Gasteiger partial charge in [0.15, 0.2) is 0 Å². The Morgan fingerprint density at radius 3 is 2.89 bits per heavy atom. The summed E-state index contributed by atoms with van der Waals surface area (Å²) in [6.07, 6.45) is 2.93. The molecule has 4 nitrogen and oxygen atoms in total. The van der Waals surface area contributed by atoms with E-state index in [2.05, 4.69) is 21.0 Å². The minimum absolute atomic E-state index is 0.102. The summed E-state index contributed by atoms with van der Waals surface area (Å²) in [4.78, 5) is 12.1. The first-order valence-electron chi connectivity index (χ1n) is 6.25. The van der Waals surface area contributed by atoms with Gasteiger partial charge in [-0.05, 0) is 36.6 Å². The Balaban J connectivity index is 1.95. The lowest BCUT2D eigenvalue weighted by Crippen LogP contribution is -2.27. The highest BCUT2D eigenvalue weighted by molar-refractivity contribution is 9.10. The average Bonchev–Trinajstić information content (AvgIpc) is 2.66. The second kappa shape index (κ2) is 4.92. The predicted octanol–water partition coefficient (Wildman–Crippen LogP) is 2.33. The van der Waals surface area contributed by atoms with Gasteiger partial charge in [-0.2, -0.15) is 5.10 Å². The molecule has 0 bridgehead atoms. The number of benzene rings is 1. The molecular formula is C13H13BrFN3O. The summed E-state index contributed by atoms with van der Waals surface area (Å²) in [5.41, 5.74) is 0.625. The molecule has 1 aromatic carbocycles. The Morgan fingerprint density at radius 1 is 1.32 bits per heavy atom. The van der Waals surface area contributed by atoms with E-state index in [0.717, 1.165) is 37.2 Å². The van der Waals surface area contributed by atoms with Crippen molar-refractivity contribution in [2.45, 2.75) is 32.4 Å². The largest absolute Gasteiger partial charge is 0.346 e. The molecule has 0 N–H and O–H groups in total. The molecule has 1 aliphatic rings. The Hall–Kier alpha value is -1.43. The van der Waals surface area contributed by atoms with Gasteiger partial charge in [-0.15, -0.1) is 0 Å². The molecular weight excluding hydrogens is 313 g/mol. The van der Waals surface area contributed by atoms with Crippen molar-refractivity contribution >= 4 is 15.9 Å². The van der Waals surface area contributed by atoms with Crippen LogP contribution in [0.2, 0.25) is 0 Å². The van der Waals surface area contributed by atoms with Crippen LogP contribution in [-0.4, -0.2) is 14.3 Å². The van der Waals surface area contributed by atoms with Crippen LogP contribution < -0.4 is 5.69 Å². The smallest absolute Gasteiger partial charge is 0.279 e. The van der Waals surface area contributed by atoms with E-state index in [4.69, 9.17) is 0 Å². The summed E-state index contributed by atoms with van der Waals surface area (Å²) >= 11 is 3.25. The highest BCUT2D eigenvalue weighted by Gasteiger charge is 2.16. The number of hydrogen-bond donors (Lipinski definition) is 0. The van der Waals surface area contributed by atoms with Gasteiger partial charge >= 0.3 is 5.69 Å². The van der Waals surface area contributed by atoms with Crippen molar-refractivity contribution in [2.24, 2.45) is 0 Å². The zero-order valence-corrected chi connectivity index (χ0v) is 11.9. The third-order valence-corrected chi connectivity index (χ3v) is 3.74. The third-order valence-electron chi connectivity index (χ3n) is 3.29. The fourth-order valence-electron chi connectivity index (χ4n) is 2.43. The van der Waals surface area contributed by atoms with E-state index in [1.165, 1.54) is 16.8 Å². The van der Waals surface area contributed by atoms with Crippen LogP contribution >= 0.6 is 15.9 Å². The predicted molar refractivity (Wildman–Crippen MR) is 72.6 cm³/mol. The summed E-state index contributed by atoms with van der Waals surface area (Å²) in [6, 6.07) is 4.62. The lowest BCUT2D eigenvalue weighted by atomic mass is 10.2. The molecule has 1 aliphatic heterocycles. The van der Waals surface area contributed by atoms with Crippen LogP contribution in [-0.2, 0) is 19.5 Å². The molecule has 19 heavy (non-hydrogen) atoms. The SMILES string of the molecule is O=c1n(Cc2cc(F)cc(Br)c2)nc2n1CCCC2. The number of nitrogens with zero attached hydrogens (tertiary/aromatic N) is 3. The Kier molecular flexibility index (Phi) is 3.26. The standard InChI is InChI=1S/C13H13BrFN3O/c14-10-5-9(6-11(15)7-10)8-18-13(19)17-4-2-1-3-12(17)16-18/h5-7H,1-4,8H2. The Labute approximate surface area is 118 Å². The first kappa shape index (κ1) is 12.6. The molecule has 0 unspecified atom stereocenters. The molecule has 0 aliphatic carbocycles. The third kappa shape index (κ3) is 2.49. The van der Waals surface area contributed by atoms with Crippen LogP contribution in [0.3, 0.4) is 0 Å². The first-order valence-corrected chi connectivity index (χ1v) is 7.04. The van der Waals surface area contributed by atoms with Crippen molar-refractivity contribution in [2.75, 3.05) is 0 Å². The van der Waals surface area contributed by atoms with Crippen molar-refractivity contribution in [3.05, 3.63) is 50.4 Å². The van der Waals surface area contributed by atoms with Crippen molar-refractivity contribution in [3.63, 3.8) is 0 Å². The van der Waals surface area contributed by atoms with Gasteiger partial charge < -0.3 is 0 Å². The number of aromatic nitrogens is 3. The van der Waals surface area contributed by atoms with E-state index in [1.807, 2.05) is 0 Å². The molecule has 0 spiro atoms. The Morgan fingerprint density at radius 2 is 2.16 bits per heavy atom. The molecule has 0 atom stereocenters. The molecule has 1 aromatic heterocycles. The second-order valence-corrected chi connectivity index (χ2v) is 5.66. The molecule has 0 saturated heterocycles. The topological polar surface area (TPSA) is 39.8 Å². The van der Waals surface area contributed by atoms with Crippen LogP contribution in [0.1, 0.15) is 24.2 Å².